The van der Waals surface area contributed by atoms with Crippen molar-refractivity contribution in [2.75, 3.05) is 6.61 Å². The van der Waals surface area contributed by atoms with Crippen molar-refractivity contribution in [3.05, 3.63) is 11.6 Å². The smallest absolute Gasteiger partial charge is 0.331 e. The van der Waals surface area contributed by atoms with Gasteiger partial charge < -0.3 is 20.1 Å². The molecule has 5 nitrogen and oxygen atoms in total. The molecule has 0 amide bonds. The van der Waals surface area contributed by atoms with Gasteiger partial charge in [0.05, 0.1) is 17.8 Å². The lowest BCUT2D eigenvalue weighted by Gasteiger charge is -2.63. The van der Waals surface area contributed by atoms with Crippen LogP contribution in [0.4, 0.5) is 0 Å². The Morgan fingerprint density at radius 1 is 1.07 bits per heavy atom. The van der Waals surface area contributed by atoms with Gasteiger partial charge in [-0.1, -0.05) is 13.8 Å². The van der Waals surface area contributed by atoms with Gasteiger partial charge in [0, 0.05) is 23.8 Å². The zero-order valence-corrected chi connectivity index (χ0v) is 17.1. The number of carbonyl (C=O) groups is 1. The Balaban J connectivity index is 1.50. The molecule has 4 fully saturated rings. The lowest BCUT2D eigenvalue weighted by Crippen LogP contribution is -2.62. The molecule has 0 bridgehead atoms. The lowest BCUT2D eigenvalue weighted by molar-refractivity contribution is -0.208. The second-order valence-corrected chi connectivity index (χ2v) is 10.9. The number of hydrogen-bond acceptors (Lipinski definition) is 5. The molecule has 9 atom stereocenters. The highest BCUT2D eigenvalue weighted by Gasteiger charge is 2.70. The van der Waals surface area contributed by atoms with Crippen molar-refractivity contribution < 1.29 is 24.9 Å². The third-order valence-electron chi connectivity index (χ3n) is 9.92. The zero-order chi connectivity index (χ0) is 19.9. The van der Waals surface area contributed by atoms with Crippen molar-refractivity contribution in [1.29, 1.82) is 0 Å². The number of rotatable bonds is 1. The summed E-state index contributed by atoms with van der Waals surface area (Å²) in [5, 5.41) is 33.3. The molecule has 4 aliphatic carbocycles. The van der Waals surface area contributed by atoms with Crippen LogP contribution in [-0.4, -0.2) is 45.7 Å². The van der Waals surface area contributed by atoms with Gasteiger partial charge in [0.1, 0.15) is 6.61 Å². The van der Waals surface area contributed by atoms with Crippen molar-refractivity contribution in [2.45, 2.75) is 83.0 Å². The molecule has 1 heterocycles. The second kappa shape index (κ2) is 6.05. The first-order valence-corrected chi connectivity index (χ1v) is 11.1. The first-order chi connectivity index (χ1) is 13.2. The highest BCUT2D eigenvalue weighted by molar-refractivity contribution is 5.85. The molecule has 5 aliphatic rings. The molecule has 0 aromatic heterocycles. The number of aliphatic hydroxyl groups is 3. The van der Waals surface area contributed by atoms with E-state index in [-0.39, 0.29) is 35.9 Å². The Morgan fingerprint density at radius 2 is 1.86 bits per heavy atom. The molecule has 0 aromatic rings. The molecule has 156 valence electrons. The van der Waals surface area contributed by atoms with Crippen molar-refractivity contribution in [2.24, 2.45) is 34.5 Å². The van der Waals surface area contributed by atoms with Crippen molar-refractivity contribution >= 4 is 5.97 Å². The first-order valence-electron chi connectivity index (χ1n) is 11.1. The van der Waals surface area contributed by atoms with E-state index in [1.807, 2.05) is 0 Å². The quantitative estimate of drug-likeness (QED) is 0.599. The summed E-state index contributed by atoms with van der Waals surface area (Å²) in [5.74, 6) is 0.627. The summed E-state index contributed by atoms with van der Waals surface area (Å²) in [7, 11) is 0. The largest absolute Gasteiger partial charge is 0.458 e. The van der Waals surface area contributed by atoms with E-state index in [1.165, 1.54) is 6.08 Å². The summed E-state index contributed by atoms with van der Waals surface area (Å²) < 4.78 is 5.14. The van der Waals surface area contributed by atoms with Crippen LogP contribution in [0.2, 0.25) is 0 Å². The summed E-state index contributed by atoms with van der Waals surface area (Å²) in [4.78, 5) is 11.7. The summed E-state index contributed by atoms with van der Waals surface area (Å²) in [5.41, 5.74) is -0.301. The standard InChI is InChI=1S/C23H34O5/c1-21-7-5-15(24)10-14(21)3-4-17-16(21)6-8-22(2)20(13-9-19(26)28-12-13)18(25)11-23(17,22)27/h9,14-18,20,24-25,27H,3-8,10-12H2,1-2H3/t14-,15+,16+,17-,18+,20-,21+,22-,23+/m1/s1. The average molecular weight is 391 g/mol. The van der Waals surface area contributed by atoms with E-state index >= 15 is 0 Å². The lowest BCUT2D eigenvalue weighted by atomic mass is 9.43. The van der Waals surface area contributed by atoms with Gasteiger partial charge in [-0.15, -0.1) is 0 Å². The third-order valence-corrected chi connectivity index (χ3v) is 9.92. The van der Waals surface area contributed by atoms with Crippen LogP contribution in [0.25, 0.3) is 0 Å². The minimum absolute atomic E-state index is 0.170. The number of ether oxygens (including phenoxy) is 1. The predicted octanol–water partition coefficient (Wildman–Crippen LogP) is 2.58. The number of cyclic esters (lactones) is 1. The molecule has 1 aliphatic heterocycles. The Morgan fingerprint density at radius 3 is 2.57 bits per heavy atom. The SMILES string of the molecule is C[C@]12CC[C@H](O)C[C@H]1CC[C@@H]1[C@@H]2CC[C@]2(C)[C@H](C3=CC(=O)OC3)[C@@H](O)C[C@]12O. The molecule has 5 rings (SSSR count). The van der Waals surface area contributed by atoms with E-state index in [4.69, 9.17) is 4.74 Å². The predicted molar refractivity (Wildman–Crippen MR) is 103 cm³/mol. The maximum atomic E-state index is 12.1. The van der Waals surface area contributed by atoms with Gasteiger partial charge in [-0.05, 0) is 73.7 Å². The van der Waals surface area contributed by atoms with Gasteiger partial charge in [-0.25, -0.2) is 4.79 Å². The van der Waals surface area contributed by atoms with Crippen molar-refractivity contribution in [3.63, 3.8) is 0 Å². The van der Waals surface area contributed by atoms with E-state index in [2.05, 4.69) is 13.8 Å². The van der Waals surface area contributed by atoms with Crippen LogP contribution in [0.3, 0.4) is 0 Å². The molecule has 3 N–H and O–H groups in total. The maximum Gasteiger partial charge on any atom is 0.331 e. The van der Waals surface area contributed by atoms with Gasteiger partial charge >= 0.3 is 5.97 Å². The van der Waals surface area contributed by atoms with Gasteiger partial charge in [0.2, 0.25) is 0 Å². The van der Waals surface area contributed by atoms with Crippen molar-refractivity contribution in [1.82, 2.24) is 0 Å². The van der Waals surface area contributed by atoms with Crippen LogP contribution >= 0.6 is 0 Å². The Labute approximate surface area is 167 Å². The minimum atomic E-state index is -0.906. The number of hydrogen-bond donors (Lipinski definition) is 3. The summed E-state index contributed by atoms with van der Waals surface area (Å²) in [6.45, 7) is 4.77. The fraction of sp³-hybridized carbons (Fsp3) is 0.870. The molecular formula is C23H34O5. The maximum absolute atomic E-state index is 12.1. The fourth-order valence-corrected chi connectivity index (χ4v) is 8.47. The molecule has 0 radical (unpaired) electrons. The summed E-state index contributed by atoms with van der Waals surface area (Å²) in [6, 6.07) is 0. The zero-order valence-electron chi connectivity index (χ0n) is 17.1. The molecule has 4 saturated carbocycles. The van der Waals surface area contributed by atoms with E-state index < -0.39 is 17.1 Å². The van der Waals surface area contributed by atoms with Crippen LogP contribution in [0.15, 0.2) is 11.6 Å². The van der Waals surface area contributed by atoms with E-state index in [0.29, 0.717) is 18.3 Å². The van der Waals surface area contributed by atoms with Crippen LogP contribution < -0.4 is 0 Å². The summed E-state index contributed by atoms with van der Waals surface area (Å²) in [6.07, 6.45) is 7.87. The first kappa shape index (κ1) is 19.1. The van der Waals surface area contributed by atoms with E-state index in [1.54, 1.807) is 0 Å². The molecule has 5 heteroatoms. The molecule has 0 unspecified atom stereocenters. The van der Waals surface area contributed by atoms with Gasteiger partial charge in [0.25, 0.3) is 0 Å². The average Bonchev–Trinajstić information content (AvgIpc) is 3.13. The Kier molecular flexibility index (Phi) is 4.12. The number of esters is 1. The third kappa shape index (κ3) is 2.33. The summed E-state index contributed by atoms with van der Waals surface area (Å²) >= 11 is 0. The molecule has 0 aromatic carbocycles. The number of carbonyl (C=O) groups excluding carboxylic acids is 1. The second-order valence-electron chi connectivity index (χ2n) is 10.9. The minimum Gasteiger partial charge on any atom is -0.458 e. The van der Waals surface area contributed by atoms with Crippen LogP contribution in [0.5, 0.6) is 0 Å². The number of fused-ring (bicyclic) bond motifs is 5. The van der Waals surface area contributed by atoms with Crippen LogP contribution in [-0.2, 0) is 9.53 Å². The molecule has 0 saturated heterocycles. The molecular weight excluding hydrogens is 356 g/mol. The highest BCUT2D eigenvalue weighted by atomic mass is 16.5. The Hall–Kier alpha value is -0.910. The van der Waals surface area contributed by atoms with Crippen LogP contribution in [0, 0.1) is 34.5 Å². The fourth-order valence-electron chi connectivity index (χ4n) is 8.47. The van der Waals surface area contributed by atoms with Crippen LogP contribution in [0.1, 0.15) is 65.2 Å². The van der Waals surface area contributed by atoms with E-state index in [0.717, 1.165) is 50.5 Å². The molecule has 28 heavy (non-hydrogen) atoms. The Bertz CT molecular complexity index is 718. The topological polar surface area (TPSA) is 87.0 Å². The molecule has 0 spiro atoms. The van der Waals surface area contributed by atoms with Gasteiger partial charge in [-0.3, -0.25) is 0 Å². The normalized spacial score (nSPS) is 55.8. The highest BCUT2D eigenvalue weighted by Crippen LogP contribution is 2.69. The van der Waals surface area contributed by atoms with Crippen molar-refractivity contribution in [3.8, 4) is 0 Å². The van der Waals surface area contributed by atoms with Gasteiger partial charge in [0.15, 0.2) is 0 Å². The monoisotopic (exact) mass is 390 g/mol. The van der Waals surface area contributed by atoms with Gasteiger partial charge in [-0.2, -0.15) is 0 Å². The van der Waals surface area contributed by atoms with E-state index in [9.17, 15) is 20.1 Å². The number of aliphatic hydroxyl groups excluding tert-OH is 2.